The van der Waals surface area contributed by atoms with Gasteiger partial charge in [-0.15, -0.1) is 0 Å². The summed E-state index contributed by atoms with van der Waals surface area (Å²) >= 11 is 0. The fourth-order valence-electron chi connectivity index (χ4n) is 2.29. The van der Waals surface area contributed by atoms with Gasteiger partial charge in [-0.05, 0) is 24.0 Å². The van der Waals surface area contributed by atoms with Crippen LogP contribution in [0.1, 0.15) is 19.4 Å². The normalized spacial score (nSPS) is 19.5. The number of ether oxygens (including phenoxy) is 1. The van der Waals surface area contributed by atoms with Gasteiger partial charge in [0.1, 0.15) is 12.4 Å². The van der Waals surface area contributed by atoms with Crippen molar-refractivity contribution in [1.29, 1.82) is 0 Å². The molecule has 1 aromatic rings. The molecule has 1 heterocycles. The lowest BCUT2D eigenvalue weighted by Crippen LogP contribution is -2.48. The van der Waals surface area contributed by atoms with E-state index in [4.69, 9.17) is 10.5 Å². The van der Waals surface area contributed by atoms with Crippen LogP contribution < -0.4 is 15.8 Å². The Bertz CT molecular complexity index is 446. The van der Waals surface area contributed by atoms with Crippen molar-refractivity contribution in [2.24, 2.45) is 17.6 Å². The number of hydrogen-bond donors (Lipinski definition) is 2. The van der Waals surface area contributed by atoms with Gasteiger partial charge in [-0.25, -0.2) is 0 Å². The van der Waals surface area contributed by atoms with Crippen molar-refractivity contribution in [3.8, 4) is 5.75 Å². The van der Waals surface area contributed by atoms with Crippen molar-refractivity contribution in [2.45, 2.75) is 26.3 Å². The molecular weight excluding hydrogens is 240 g/mol. The van der Waals surface area contributed by atoms with Gasteiger partial charge >= 0.3 is 0 Å². The number of nitrogens with one attached hydrogen (secondary N) is 1. The van der Waals surface area contributed by atoms with Crippen LogP contribution >= 0.6 is 0 Å². The standard InChI is InChI=1S/C15H22N2O2/c1-10(2)13(8-16)17-15(18)12-7-11-5-3-4-6-14(11)19-9-12/h3-6,10,12-13H,7-9,16H2,1-2H3,(H,17,18). The number of amides is 1. The summed E-state index contributed by atoms with van der Waals surface area (Å²) in [6, 6.07) is 7.91. The third-order valence-electron chi connectivity index (χ3n) is 3.64. The maximum Gasteiger partial charge on any atom is 0.227 e. The molecule has 0 aliphatic carbocycles. The Balaban J connectivity index is 1.99. The van der Waals surface area contributed by atoms with E-state index < -0.39 is 0 Å². The number of rotatable bonds is 4. The van der Waals surface area contributed by atoms with Gasteiger partial charge in [-0.1, -0.05) is 32.0 Å². The first-order valence-electron chi connectivity index (χ1n) is 6.83. The number of benzene rings is 1. The molecule has 104 valence electrons. The molecule has 1 amide bonds. The van der Waals surface area contributed by atoms with Crippen LogP contribution in [-0.4, -0.2) is 25.1 Å². The number of fused-ring (bicyclic) bond motifs is 1. The molecule has 4 heteroatoms. The Kier molecular flexibility index (Phi) is 4.43. The zero-order valence-electron chi connectivity index (χ0n) is 11.6. The Morgan fingerprint density at radius 2 is 2.21 bits per heavy atom. The third kappa shape index (κ3) is 3.26. The summed E-state index contributed by atoms with van der Waals surface area (Å²) in [6.07, 6.45) is 0.734. The zero-order chi connectivity index (χ0) is 13.8. The van der Waals surface area contributed by atoms with Gasteiger partial charge < -0.3 is 15.8 Å². The van der Waals surface area contributed by atoms with Crippen LogP contribution in [0, 0.1) is 11.8 Å². The van der Waals surface area contributed by atoms with E-state index in [2.05, 4.69) is 19.2 Å². The van der Waals surface area contributed by atoms with Crippen LogP contribution in [0.2, 0.25) is 0 Å². The molecule has 2 atom stereocenters. The summed E-state index contributed by atoms with van der Waals surface area (Å²) in [5, 5.41) is 3.02. The van der Waals surface area contributed by atoms with Gasteiger partial charge in [0.2, 0.25) is 5.91 Å². The molecule has 1 aliphatic heterocycles. The molecule has 0 saturated heterocycles. The van der Waals surface area contributed by atoms with E-state index in [1.807, 2.05) is 24.3 Å². The first-order valence-corrected chi connectivity index (χ1v) is 6.83. The molecule has 0 aromatic heterocycles. The predicted octanol–water partition coefficient (Wildman–Crippen LogP) is 1.34. The van der Waals surface area contributed by atoms with Crippen LogP contribution in [0.5, 0.6) is 5.75 Å². The molecule has 1 aliphatic rings. The van der Waals surface area contributed by atoms with Crippen molar-refractivity contribution in [1.82, 2.24) is 5.32 Å². The van der Waals surface area contributed by atoms with Crippen molar-refractivity contribution in [3.63, 3.8) is 0 Å². The summed E-state index contributed by atoms with van der Waals surface area (Å²) in [6.45, 7) is 5.03. The lowest BCUT2D eigenvalue weighted by Gasteiger charge is -2.27. The summed E-state index contributed by atoms with van der Waals surface area (Å²) in [4.78, 5) is 12.2. The first-order chi connectivity index (χ1) is 9.11. The summed E-state index contributed by atoms with van der Waals surface area (Å²) in [7, 11) is 0. The zero-order valence-corrected chi connectivity index (χ0v) is 11.6. The Labute approximate surface area is 114 Å². The molecule has 3 N–H and O–H groups in total. The maximum atomic E-state index is 12.2. The van der Waals surface area contributed by atoms with E-state index >= 15 is 0 Å². The second kappa shape index (κ2) is 6.06. The van der Waals surface area contributed by atoms with Crippen LogP contribution in [0.15, 0.2) is 24.3 Å². The smallest absolute Gasteiger partial charge is 0.227 e. The number of carbonyl (C=O) groups excluding carboxylic acids is 1. The minimum Gasteiger partial charge on any atom is -0.492 e. The van der Waals surface area contributed by atoms with Gasteiger partial charge in [0.15, 0.2) is 0 Å². The SMILES string of the molecule is CC(C)C(CN)NC(=O)C1COc2ccccc2C1. The molecule has 0 spiro atoms. The summed E-state index contributed by atoms with van der Waals surface area (Å²) in [5.41, 5.74) is 6.78. The van der Waals surface area contributed by atoms with Gasteiger partial charge in [0, 0.05) is 12.6 Å². The highest BCUT2D eigenvalue weighted by Gasteiger charge is 2.27. The van der Waals surface area contributed by atoms with Crippen LogP contribution in [0.4, 0.5) is 0 Å². The molecule has 2 rings (SSSR count). The lowest BCUT2D eigenvalue weighted by atomic mass is 9.95. The molecular formula is C15H22N2O2. The van der Waals surface area contributed by atoms with Gasteiger partial charge in [-0.2, -0.15) is 0 Å². The van der Waals surface area contributed by atoms with Gasteiger partial charge in [0.05, 0.1) is 5.92 Å². The number of nitrogens with two attached hydrogens (primary N) is 1. The van der Waals surface area contributed by atoms with Crippen LogP contribution in [-0.2, 0) is 11.2 Å². The number of hydrogen-bond acceptors (Lipinski definition) is 3. The second-order valence-electron chi connectivity index (χ2n) is 5.41. The average Bonchev–Trinajstić information content (AvgIpc) is 2.43. The van der Waals surface area contributed by atoms with Crippen molar-refractivity contribution in [3.05, 3.63) is 29.8 Å². The van der Waals surface area contributed by atoms with Gasteiger partial charge in [-0.3, -0.25) is 4.79 Å². The van der Waals surface area contributed by atoms with Crippen LogP contribution in [0.25, 0.3) is 0 Å². The molecule has 0 saturated carbocycles. The Hall–Kier alpha value is -1.55. The van der Waals surface area contributed by atoms with Crippen molar-refractivity contribution in [2.75, 3.05) is 13.2 Å². The largest absolute Gasteiger partial charge is 0.492 e. The lowest BCUT2D eigenvalue weighted by molar-refractivity contribution is -0.127. The molecule has 0 radical (unpaired) electrons. The van der Waals surface area contributed by atoms with Crippen molar-refractivity contribution >= 4 is 5.91 Å². The molecule has 2 unspecified atom stereocenters. The molecule has 19 heavy (non-hydrogen) atoms. The van der Waals surface area contributed by atoms with Crippen LogP contribution in [0.3, 0.4) is 0 Å². The van der Waals surface area contributed by atoms with E-state index in [-0.39, 0.29) is 17.9 Å². The Morgan fingerprint density at radius 1 is 1.47 bits per heavy atom. The topological polar surface area (TPSA) is 64.3 Å². The van der Waals surface area contributed by atoms with E-state index in [1.54, 1.807) is 0 Å². The first kappa shape index (κ1) is 13.9. The number of carbonyl (C=O) groups is 1. The maximum absolute atomic E-state index is 12.2. The summed E-state index contributed by atoms with van der Waals surface area (Å²) < 4.78 is 5.64. The van der Waals surface area contributed by atoms with E-state index in [1.165, 1.54) is 0 Å². The van der Waals surface area contributed by atoms with E-state index in [0.717, 1.165) is 17.7 Å². The highest BCUT2D eigenvalue weighted by molar-refractivity contribution is 5.80. The van der Waals surface area contributed by atoms with E-state index in [0.29, 0.717) is 19.1 Å². The highest BCUT2D eigenvalue weighted by Crippen LogP contribution is 2.26. The molecule has 4 nitrogen and oxygen atoms in total. The monoisotopic (exact) mass is 262 g/mol. The fraction of sp³-hybridized carbons (Fsp3) is 0.533. The van der Waals surface area contributed by atoms with Gasteiger partial charge in [0.25, 0.3) is 0 Å². The summed E-state index contributed by atoms with van der Waals surface area (Å²) in [5.74, 6) is 1.15. The molecule has 0 fully saturated rings. The second-order valence-corrected chi connectivity index (χ2v) is 5.41. The fourth-order valence-corrected chi connectivity index (χ4v) is 2.29. The average molecular weight is 262 g/mol. The number of para-hydroxylation sites is 1. The third-order valence-corrected chi connectivity index (χ3v) is 3.64. The highest BCUT2D eigenvalue weighted by atomic mass is 16.5. The van der Waals surface area contributed by atoms with Crippen molar-refractivity contribution < 1.29 is 9.53 Å². The Morgan fingerprint density at radius 3 is 2.89 bits per heavy atom. The van der Waals surface area contributed by atoms with E-state index in [9.17, 15) is 4.79 Å². The molecule has 1 aromatic carbocycles. The minimum absolute atomic E-state index is 0.0321. The predicted molar refractivity (Wildman–Crippen MR) is 75.0 cm³/mol. The molecule has 0 bridgehead atoms. The minimum atomic E-state index is -0.123. The quantitative estimate of drug-likeness (QED) is 0.860.